The van der Waals surface area contributed by atoms with Gasteiger partial charge in [-0.1, -0.05) is 30.3 Å². The van der Waals surface area contributed by atoms with Gasteiger partial charge in [0.25, 0.3) is 0 Å². The zero-order valence-electron chi connectivity index (χ0n) is 13.2. The third kappa shape index (κ3) is 3.86. The maximum Gasteiger partial charge on any atom is 0.221 e. The van der Waals surface area contributed by atoms with Crippen LogP contribution in [0.1, 0.15) is 47.9 Å². The predicted octanol–water partition coefficient (Wildman–Crippen LogP) is 2.65. The monoisotopic (exact) mass is 311 g/mol. The van der Waals surface area contributed by atoms with Gasteiger partial charge in [-0.05, 0) is 18.8 Å². The van der Waals surface area contributed by atoms with E-state index in [9.17, 15) is 9.59 Å². The lowest BCUT2D eigenvalue weighted by Crippen LogP contribution is -2.31. The molecule has 1 heterocycles. The van der Waals surface area contributed by atoms with Crippen LogP contribution in [0.4, 0.5) is 0 Å². The second-order valence-electron chi connectivity index (χ2n) is 6.07. The molecule has 23 heavy (non-hydrogen) atoms. The number of nitrogens with one attached hydrogen (secondary N) is 1. The quantitative estimate of drug-likeness (QED) is 0.800. The van der Waals surface area contributed by atoms with Gasteiger partial charge in [0.05, 0.1) is 6.04 Å². The summed E-state index contributed by atoms with van der Waals surface area (Å²) in [5.74, 6) is 1.26. The topological polar surface area (TPSA) is 64.0 Å². The molecule has 5 nitrogen and oxygen atoms in total. The van der Waals surface area contributed by atoms with Crippen LogP contribution in [0.25, 0.3) is 0 Å². The van der Waals surface area contributed by atoms with Crippen molar-refractivity contribution in [2.24, 2.45) is 13.0 Å². The molecule has 1 aromatic heterocycles. The number of amides is 1. The lowest BCUT2D eigenvalue weighted by molar-refractivity contribution is -0.122. The van der Waals surface area contributed by atoms with Gasteiger partial charge in [-0.3, -0.25) is 9.59 Å². The average Bonchev–Trinajstić information content (AvgIpc) is 3.33. The molecule has 0 bridgehead atoms. The second kappa shape index (κ2) is 6.77. The molecule has 1 N–H and O–H groups in total. The van der Waals surface area contributed by atoms with Gasteiger partial charge in [0.2, 0.25) is 5.91 Å². The number of rotatable bonds is 7. The molecule has 1 fully saturated rings. The average molecular weight is 311 g/mol. The molecule has 120 valence electrons. The molecule has 1 aromatic carbocycles. The van der Waals surface area contributed by atoms with E-state index >= 15 is 0 Å². The summed E-state index contributed by atoms with van der Waals surface area (Å²) in [6.45, 7) is 0. The highest BCUT2D eigenvalue weighted by atomic mass is 16.2. The highest BCUT2D eigenvalue weighted by molar-refractivity contribution is 5.97. The van der Waals surface area contributed by atoms with Crippen LogP contribution in [0.5, 0.6) is 0 Å². The number of carbonyl (C=O) groups excluding carboxylic acids is 2. The number of Topliss-reactive ketones (excluding diaryl/α,β-unsaturated/α-hetero) is 1. The summed E-state index contributed by atoms with van der Waals surface area (Å²) in [5, 5.41) is 3.05. The fraction of sp³-hybridized carbons (Fsp3) is 0.389. The van der Waals surface area contributed by atoms with Crippen LogP contribution >= 0.6 is 0 Å². The van der Waals surface area contributed by atoms with E-state index in [0.717, 1.165) is 18.7 Å². The number of benzene rings is 1. The highest BCUT2D eigenvalue weighted by Gasteiger charge is 2.35. The first-order chi connectivity index (χ1) is 11.1. The summed E-state index contributed by atoms with van der Waals surface area (Å²) in [7, 11) is 1.93. The van der Waals surface area contributed by atoms with Crippen molar-refractivity contribution in [3.05, 3.63) is 54.1 Å². The van der Waals surface area contributed by atoms with Gasteiger partial charge in [-0.2, -0.15) is 0 Å². The van der Waals surface area contributed by atoms with E-state index in [4.69, 9.17) is 0 Å². The van der Waals surface area contributed by atoms with Gasteiger partial charge in [-0.15, -0.1) is 0 Å². The van der Waals surface area contributed by atoms with Crippen molar-refractivity contribution >= 4 is 11.7 Å². The van der Waals surface area contributed by atoms with Gasteiger partial charge in [-0.25, -0.2) is 4.98 Å². The molecule has 0 radical (unpaired) electrons. The van der Waals surface area contributed by atoms with E-state index in [1.54, 1.807) is 18.3 Å². The maximum atomic E-state index is 12.2. The van der Waals surface area contributed by atoms with E-state index < -0.39 is 0 Å². The van der Waals surface area contributed by atoms with Crippen LogP contribution < -0.4 is 5.32 Å². The molecule has 0 unspecified atom stereocenters. The number of nitrogens with zero attached hydrogens (tertiary/aromatic N) is 2. The Morgan fingerprint density at radius 1 is 1.26 bits per heavy atom. The molecule has 0 spiro atoms. The van der Waals surface area contributed by atoms with Crippen molar-refractivity contribution in [3.8, 4) is 0 Å². The molecule has 1 aliphatic carbocycles. The number of hydrogen-bond donors (Lipinski definition) is 1. The number of carbonyl (C=O) groups is 2. The Labute approximate surface area is 135 Å². The van der Waals surface area contributed by atoms with Crippen LogP contribution in [-0.2, 0) is 11.8 Å². The molecule has 3 rings (SSSR count). The Bertz CT molecular complexity index is 689. The van der Waals surface area contributed by atoms with Gasteiger partial charge in [0.15, 0.2) is 5.78 Å². The number of ketones is 1. The summed E-state index contributed by atoms with van der Waals surface area (Å²) < 4.78 is 1.94. The lowest BCUT2D eigenvalue weighted by Gasteiger charge is -2.18. The molecule has 0 aliphatic heterocycles. The number of aromatic nitrogens is 2. The summed E-state index contributed by atoms with van der Waals surface area (Å²) in [5.41, 5.74) is 0.656. The summed E-state index contributed by atoms with van der Waals surface area (Å²) >= 11 is 0. The van der Waals surface area contributed by atoms with E-state index in [2.05, 4.69) is 10.3 Å². The first-order valence-corrected chi connectivity index (χ1v) is 8.00. The molecule has 1 saturated carbocycles. The maximum absolute atomic E-state index is 12.2. The summed E-state index contributed by atoms with van der Waals surface area (Å²) in [6, 6.07) is 9.04. The number of imidazole rings is 1. The van der Waals surface area contributed by atoms with Crippen LogP contribution in [-0.4, -0.2) is 21.2 Å². The smallest absolute Gasteiger partial charge is 0.221 e. The Balaban J connectivity index is 1.56. The van der Waals surface area contributed by atoms with E-state index in [-0.39, 0.29) is 30.6 Å². The summed E-state index contributed by atoms with van der Waals surface area (Å²) in [6.07, 6.45) is 6.29. The first kappa shape index (κ1) is 15.5. The minimum absolute atomic E-state index is 0.000661. The molecular weight excluding hydrogens is 290 g/mol. The Morgan fingerprint density at radius 2 is 2.00 bits per heavy atom. The molecule has 1 aliphatic rings. The molecule has 1 amide bonds. The van der Waals surface area contributed by atoms with Gasteiger partial charge in [0, 0.05) is 37.8 Å². The predicted molar refractivity (Wildman–Crippen MR) is 86.8 cm³/mol. The third-order valence-corrected chi connectivity index (χ3v) is 4.22. The van der Waals surface area contributed by atoms with Crippen molar-refractivity contribution in [3.63, 3.8) is 0 Å². The van der Waals surface area contributed by atoms with Crippen molar-refractivity contribution in [2.45, 2.75) is 31.7 Å². The van der Waals surface area contributed by atoms with E-state index in [0.29, 0.717) is 11.5 Å². The molecule has 1 atom stereocenters. The minimum Gasteiger partial charge on any atom is -0.346 e. The van der Waals surface area contributed by atoms with Gasteiger partial charge >= 0.3 is 0 Å². The molecule has 0 saturated heterocycles. The van der Waals surface area contributed by atoms with Crippen molar-refractivity contribution < 1.29 is 9.59 Å². The van der Waals surface area contributed by atoms with Crippen molar-refractivity contribution in [1.29, 1.82) is 0 Å². The van der Waals surface area contributed by atoms with Crippen LogP contribution in [0.3, 0.4) is 0 Å². The molecular formula is C18H21N3O2. The zero-order chi connectivity index (χ0) is 16.2. The normalized spacial score (nSPS) is 15.2. The molecule has 5 heteroatoms. The van der Waals surface area contributed by atoms with E-state index in [1.807, 2.05) is 36.0 Å². The van der Waals surface area contributed by atoms with Gasteiger partial charge < -0.3 is 9.88 Å². The first-order valence-electron chi connectivity index (χ1n) is 8.00. The fourth-order valence-corrected chi connectivity index (χ4v) is 2.74. The fourth-order valence-electron chi connectivity index (χ4n) is 2.74. The van der Waals surface area contributed by atoms with Crippen LogP contribution in [0.2, 0.25) is 0 Å². The minimum atomic E-state index is -0.0887. The molecule has 2 aromatic rings. The summed E-state index contributed by atoms with van der Waals surface area (Å²) in [4.78, 5) is 28.6. The van der Waals surface area contributed by atoms with Gasteiger partial charge in [0.1, 0.15) is 5.82 Å². The van der Waals surface area contributed by atoms with Crippen LogP contribution in [0, 0.1) is 5.92 Å². The number of aryl methyl sites for hydroxylation is 1. The standard InChI is InChI=1S/C18H21N3O2/c1-21-12-11-19-18(21)17(14-7-8-14)20-16(23)10-9-15(22)13-5-3-2-4-6-13/h2-6,11-12,14,17H,7-10H2,1H3,(H,20,23)/t17-/m0/s1. The second-order valence-corrected chi connectivity index (χ2v) is 6.07. The zero-order valence-corrected chi connectivity index (χ0v) is 13.2. The van der Waals surface area contributed by atoms with Crippen molar-refractivity contribution in [2.75, 3.05) is 0 Å². The largest absolute Gasteiger partial charge is 0.346 e. The number of hydrogen-bond acceptors (Lipinski definition) is 3. The Morgan fingerprint density at radius 3 is 2.61 bits per heavy atom. The lowest BCUT2D eigenvalue weighted by atomic mass is 10.1. The Kier molecular flexibility index (Phi) is 4.55. The van der Waals surface area contributed by atoms with E-state index in [1.165, 1.54) is 0 Å². The SMILES string of the molecule is Cn1ccnc1[C@@H](NC(=O)CCC(=O)c1ccccc1)C1CC1. The van der Waals surface area contributed by atoms with Crippen LogP contribution in [0.15, 0.2) is 42.7 Å². The Hall–Kier alpha value is -2.43. The highest BCUT2D eigenvalue weighted by Crippen LogP contribution is 2.40. The van der Waals surface area contributed by atoms with Crippen molar-refractivity contribution in [1.82, 2.24) is 14.9 Å². The third-order valence-electron chi connectivity index (χ3n) is 4.22.